The Kier molecular flexibility index (Phi) is 3.71. The van der Waals surface area contributed by atoms with Gasteiger partial charge < -0.3 is 4.74 Å². The van der Waals surface area contributed by atoms with Crippen LogP contribution in [0.4, 0.5) is 0 Å². The maximum Gasteiger partial charge on any atom is 0.213 e. The topological polar surface area (TPSA) is 28.6 Å². The number of hydrogen-bond acceptors (Lipinski definition) is 4. The highest BCUT2D eigenvalue weighted by atomic mass is 16.5. The van der Waals surface area contributed by atoms with Gasteiger partial charge in [-0.1, -0.05) is 0 Å². The summed E-state index contributed by atoms with van der Waals surface area (Å²) in [6, 6.07) is 5.55. The summed E-state index contributed by atoms with van der Waals surface area (Å²) in [5.41, 5.74) is 1.30. The minimum Gasteiger partial charge on any atom is -0.481 e. The molecule has 1 aromatic rings. The van der Waals surface area contributed by atoms with Crippen LogP contribution in [-0.2, 0) is 6.54 Å². The molecule has 0 aromatic carbocycles. The normalized spacial score (nSPS) is 28.3. The van der Waals surface area contributed by atoms with Gasteiger partial charge in [-0.25, -0.2) is 4.98 Å². The molecule has 0 amide bonds. The summed E-state index contributed by atoms with van der Waals surface area (Å²) in [5, 5.41) is 0. The van der Waals surface area contributed by atoms with Crippen LogP contribution < -0.4 is 4.74 Å². The molecule has 3 rings (SSSR count). The Morgan fingerprint density at radius 1 is 1.42 bits per heavy atom. The van der Waals surface area contributed by atoms with Crippen LogP contribution in [-0.4, -0.2) is 53.6 Å². The summed E-state index contributed by atoms with van der Waals surface area (Å²) < 4.78 is 5.20. The largest absolute Gasteiger partial charge is 0.481 e. The standard InChI is InChI=1S/C15H23N3O/c1-12-9-17-7-3-4-14(17)11-18(12)10-13-5-6-16-15(8-13)19-2/h5-6,8,12,14H,3-4,7,9-11H2,1-2H3. The van der Waals surface area contributed by atoms with E-state index < -0.39 is 0 Å². The minimum atomic E-state index is 0.633. The molecule has 2 saturated heterocycles. The van der Waals surface area contributed by atoms with E-state index in [0.29, 0.717) is 11.9 Å². The van der Waals surface area contributed by atoms with E-state index in [-0.39, 0.29) is 0 Å². The molecule has 4 heteroatoms. The van der Waals surface area contributed by atoms with E-state index in [1.807, 2.05) is 12.3 Å². The third-order valence-corrected chi connectivity index (χ3v) is 4.46. The lowest BCUT2D eigenvalue weighted by molar-refractivity contribution is 0.0540. The van der Waals surface area contributed by atoms with Crippen LogP contribution in [0, 0.1) is 0 Å². The highest BCUT2D eigenvalue weighted by molar-refractivity contribution is 5.20. The van der Waals surface area contributed by atoms with E-state index in [1.165, 1.54) is 38.0 Å². The average molecular weight is 261 g/mol. The summed E-state index contributed by atoms with van der Waals surface area (Å²) in [7, 11) is 1.67. The Labute approximate surface area is 115 Å². The zero-order valence-corrected chi connectivity index (χ0v) is 11.9. The van der Waals surface area contributed by atoms with Gasteiger partial charge in [0.05, 0.1) is 7.11 Å². The first-order chi connectivity index (χ1) is 9.26. The van der Waals surface area contributed by atoms with Crippen LogP contribution in [0.2, 0.25) is 0 Å². The van der Waals surface area contributed by atoms with Crippen molar-refractivity contribution < 1.29 is 4.74 Å². The van der Waals surface area contributed by atoms with Gasteiger partial charge in [0.25, 0.3) is 0 Å². The van der Waals surface area contributed by atoms with Crippen LogP contribution in [0.1, 0.15) is 25.3 Å². The zero-order chi connectivity index (χ0) is 13.2. The monoisotopic (exact) mass is 261 g/mol. The Hall–Kier alpha value is -1.13. The molecule has 0 spiro atoms. The average Bonchev–Trinajstić information content (AvgIpc) is 2.86. The molecular weight excluding hydrogens is 238 g/mol. The highest BCUT2D eigenvalue weighted by Crippen LogP contribution is 2.25. The first-order valence-corrected chi connectivity index (χ1v) is 7.23. The van der Waals surface area contributed by atoms with Gasteiger partial charge in [-0.05, 0) is 37.9 Å². The second-order valence-corrected chi connectivity index (χ2v) is 5.78. The van der Waals surface area contributed by atoms with Crippen LogP contribution in [0.15, 0.2) is 18.3 Å². The van der Waals surface area contributed by atoms with Gasteiger partial charge in [-0.3, -0.25) is 9.80 Å². The molecule has 0 aliphatic carbocycles. The van der Waals surface area contributed by atoms with Crippen LogP contribution in [0.5, 0.6) is 5.88 Å². The summed E-state index contributed by atoms with van der Waals surface area (Å²) >= 11 is 0. The molecule has 0 bridgehead atoms. The van der Waals surface area contributed by atoms with Crippen LogP contribution in [0.25, 0.3) is 0 Å². The predicted molar refractivity (Wildman–Crippen MR) is 75.3 cm³/mol. The smallest absolute Gasteiger partial charge is 0.213 e. The molecule has 2 atom stereocenters. The van der Waals surface area contributed by atoms with Gasteiger partial charge >= 0.3 is 0 Å². The number of methoxy groups -OCH3 is 1. The van der Waals surface area contributed by atoms with E-state index in [0.717, 1.165) is 12.6 Å². The predicted octanol–water partition coefficient (Wildman–Crippen LogP) is 1.76. The lowest BCUT2D eigenvalue weighted by Crippen LogP contribution is -2.54. The minimum absolute atomic E-state index is 0.633. The summed E-state index contributed by atoms with van der Waals surface area (Å²) in [5.74, 6) is 0.713. The Balaban J connectivity index is 1.68. The molecule has 3 heterocycles. The van der Waals surface area contributed by atoms with Gasteiger partial charge in [0.1, 0.15) is 0 Å². The van der Waals surface area contributed by atoms with Crippen molar-refractivity contribution in [2.24, 2.45) is 0 Å². The Morgan fingerprint density at radius 3 is 3.16 bits per heavy atom. The molecule has 0 N–H and O–H groups in total. The van der Waals surface area contributed by atoms with E-state index in [2.05, 4.69) is 27.8 Å². The van der Waals surface area contributed by atoms with Crippen molar-refractivity contribution in [3.8, 4) is 5.88 Å². The fraction of sp³-hybridized carbons (Fsp3) is 0.667. The first kappa shape index (κ1) is 12.9. The Bertz CT molecular complexity index is 437. The van der Waals surface area contributed by atoms with Crippen molar-refractivity contribution in [2.75, 3.05) is 26.7 Å². The fourth-order valence-electron chi connectivity index (χ4n) is 3.36. The third kappa shape index (κ3) is 2.74. The van der Waals surface area contributed by atoms with Crippen molar-refractivity contribution in [3.05, 3.63) is 23.9 Å². The number of aromatic nitrogens is 1. The number of piperazine rings is 1. The number of fused-ring (bicyclic) bond motifs is 1. The van der Waals surface area contributed by atoms with E-state index >= 15 is 0 Å². The van der Waals surface area contributed by atoms with Crippen molar-refractivity contribution in [1.82, 2.24) is 14.8 Å². The first-order valence-electron chi connectivity index (χ1n) is 7.23. The number of nitrogens with zero attached hydrogens (tertiary/aromatic N) is 3. The lowest BCUT2D eigenvalue weighted by atomic mass is 10.1. The van der Waals surface area contributed by atoms with E-state index in [9.17, 15) is 0 Å². The second kappa shape index (κ2) is 5.47. The molecule has 104 valence electrons. The maximum absolute atomic E-state index is 5.20. The molecule has 0 radical (unpaired) electrons. The van der Waals surface area contributed by atoms with Crippen molar-refractivity contribution >= 4 is 0 Å². The number of pyridine rings is 1. The molecular formula is C15H23N3O. The molecule has 2 aliphatic heterocycles. The zero-order valence-electron chi connectivity index (χ0n) is 11.9. The molecule has 2 aliphatic rings. The molecule has 19 heavy (non-hydrogen) atoms. The summed E-state index contributed by atoms with van der Waals surface area (Å²) in [4.78, 5) is 9.43. The molecule has 0 saturated carbocycles. The molecule has 4 nitrogen and oxygen atoms in total. The molecule has 1 aromatic heterocycles. The van der Waals surface area contributed by atoms with Gasteiger partial charge in [-0.2, -0.15) is 0 Å². The van der Waals surface area contributed by atoms with Gasteiger partial charge in [0.15, 0.2) is 0 Å². The molecule has 2 unspecified atom stereocenters. The van der Waals surface area contributed by atoms with Gasteiger partial charge in [0, 0.05) is 44.0 Å². The highest BCUT2D eigenvalue weighted by Gasteiger charge is 2.34. The second-order valence-electron chi connectivity index (χ2n) is 5.78. The Morgan fingerprint density at radius 2 is 2.32 bits per heavy atom. The molecule has 2 fully saturated rings. The van der Waals surface area contributed by atoms with Crippen molar-refractivity contribution in [1.29, 1.82) is 0 Å². The van der Waals surface area contributed by atoms with Gasteiger partial charge in [0.2, 0.25) is 5.88 Å². The van der Waals surface area contributed by atoms with E-state index in [4.69, 9.17) is 4.74 Å². The summed E-state index contributed by atoms with van der Waals surface area (Å²) in [6.45, 7) is 7.06. The maximum atomic E-state index is 5.20. The van der Waals surface area contributed by atoms with Crippen molar-refractivity contribution in [3.63, 3.8) is 0 Å². The lowest BCUT2D eigenvalue weighted by Gasteiger charge is -2.42. The van der Waals surface area contributed by atoms with Crippen molar-refractivity contribution in [2.45, 2.75) is 38.4 Å². The number of ether oxygens (including phenoxy) is 1. The van der Waals surface area contributed by atoms with Gasteiger partial charge in [-0.15, -0.1) is 0 Å². The number of hydrogen-bond donors (Lipinski definition) is 0. The fourth-order valence-corrected chi connectivity index (χ4v) is 3.36. The third-order valence-electron chi connectivity index (χ3n) is 4.46. The van der Waals surface area contributed by atoms with Crippen LogP contribution in [0.3, 0.4) is 0 Å². The quantitative estimate of drug-likeness (QED) is 0.829. The number of rotatable bonds is 3. The van der Waals surface area contributed by atoms with Crippen LogP contribution >= 0.6 is 0 Å². The summed E-state index contributed by atoms with van der Waals surface area (Å²) in [6.07, 6.45) is 4.57. The van der Waals surface area contributed by atoms with E-state index in [1.54, 1.807) is 7.11 Å². The SMILES string of the molecule is COc1cc(CN2CC3CCCN3CC2C)ccn1.